The van der Waals surface area contributed by atoms with Crippen LogP contribution in [0.3, 0.4) is 0 Å². The SMILES string of the molecule is O=C(O)CCCc1cn(CC(=O)O)c2c(C=Cc3ccc(OCC=CCOc4ccc(Cl)cc4F)cc3)cccc12. The smallest absolute Gasteiger partial charge is 0.323 e. The van der Waals surface area contributed by atoms with Crippen LogP contribution in [0.1, 0.15) is 29.5 Å². The summed E-state index contributed by atoms with van der Waals surface area (Å²) in [5.74, 6) is -1.51. The van der Waals surface area contributed by atoms with E-state index in [4.69, 9.17) is 26.2 Å². The number of para-hydroxylation sites is 1. The van der Waals surface area contributed by atoms with Crippen molar-refractivity contribution in [2.24, 2.45) is 0 Å². The van der Waals surface area contributed by atoms with Gasteiger partial charge in [0, 0.05) is 23.0 Å². The van der Waals surface area contributed by atoms with Crippen LogP contribution in [-0.4, -0.2) is 39.9 Å². The molecule has 2 N–H and O–H groups in total. The normalized spacial score (nSPS) is 11.5. The second-order valence-corrected chi connectivity index (χ2v) is 9.67. The fraction of sp³-hybridized carbons (Fsp3) is 0.188. The molecule has 0 atom stereocenters. The maximum absolute atomic E-state index is 13.7. The van der Waals surface area contributed by atoms with Gasteiger partial charge in [-0.15, -0.1) is 0 Å². The Kier molecular flexibility index (Phi) is 10.2. The first-order chi connectivity index (χ1) is 19.8. The lowest BCUT2D eigenvalue weighted by atomic mass is 10.0. The standard InChI is InChI=1S/C32H29ClFNO6/c33-25-13-16-29(28(34)19-25)41-18-2-1-17-40-26-14-10-22(11-15-26)9-12-23-5-3-7-27-24(6-4-8-30(36)37)20-35(32(23)27)21-31(38)39/h1-3,5,7,9-16,19-20H,4,6,8,17-18,21H2,(H,36,37)(H,38,39). The predicted molar refractivity (Wildman–Crippen MR) is 157 cm³/mol. The van der Waals surface area contributed by atoms with Crippen molar-refractivity contribution in [2.45, 2.75) is 25.8 Å². The highest BCUT2D eigenvalue weighted by Gasteiger charge is 2.13. The number of aromatic nitrogens is 1. The van der Waals surface area contributed by atoms with Crippen LogP contribution in [0.2, 0.25) is 5.02 Å². The topological polar surface area (TPSA) is 98.0 Å². The van der Waals surface area contributed by atoms with Gasteiger partial charge >= 0.3 is 11.9 Å². The van der Waals surface area contributed by atoms with Crippen molar-refractivity contribution in [2.75, 3.05) is 13.2 Å². The molecule has 0 spiro atoms. The minimum Gasteiger partial charge on any atom is -0.490 e. The number of carboxylic acid groups (broad SMARTS) is 2. The third kappa shape index (κ3) is 8.46. The Balaban J connectivity index is 1.37. The van der Waals surface area contributed by atoms with Gasteiger partial charge in [0.2, 0.25) is 0 Å². The highest BCUT2D eigenvalue weighted by Crippen LogP contribution is 2.28. The number of nitrogens with zero attached hydrogens (tertiary/aromatic N) is 1. The van der Waals surface area contributed by atoms with Crippen LogP contribution in [0.4, 0.5) is 4.39 Å². The molecule has 0 fully saturated rings. The number of fused-ring (bicyclic) bond motifs is 1. The van der Waals surface area contributed by atoms with Crippen LogP contribution in [0.15, 0.2) is 79.0 Å². The van der Waals surface area contributed by atoms with Gasteiger partial charge in [0.15, 0.2) is 11.6 Å². The quantitative estimate of drug-likeness (QED) is 0.122. The number of benzene rings is 3. The molecule has 0 saturated heterocycles. The molecule has 4 aromatic rings. The summed E-state index contributed by atoms with van der Waals surface area (Å²) in [5.41, 5.74) is 3.52. The van der Waals surface area contributed by atoms with E-state index >= 15 is 0 Å². The Bertz CT molecular complexity index is 1580. The fourth-order valence-electron chi connectivity index (χ4n) is 4.37. The van der Waals surface area contributed by atoms with Gasteiger partial charge in [0.25, 0.3) is 0 Å². The Hall–Kier alpha value is -4.56. The summed E-state index contributed by atoms with van der Waals surface area (Å²) in [6.07, 6.45) is 10.3. The van der Waals surface area contributed by atoms with E-state index < -0.39 is 17.8 Å². The summed E-state index contributed by atoms with van der Waals surface area (Å²) >= 11 is 5.73. The Morgan fingerprint density at radius 1 is 0.927 bits per heavy atom. The molecule has 0 unspecified atom stereocenters. The lowest BCUT2D eigenvalue weighted by molar-refractivity contribution is -0.138. The van der Waals surface area contributed by atoms with Crippen molar-refractivity contribution in [3.8, 4) is 11.5 Å². The van der Waals surface area contributed by atoms with Crippen molar-refractivity contribution in [1.82, 2.24) is 4.57 Å². The Morgan fingerprint density at radius 2 is 1.68 bits per heavy atom. The number of aliphatic carboxylic acids is 2. The molecule has 4 rings (SSSR count). The molecule has 3 aromatic carbocycles. The first-order valence-electron chi connectivity index (χ1n) is 13.0. The maximum atomic E-state index is 13.7. The molecular formula is C32H29ClFNO6. The largest absolute Gasteiger partial charge is 0.490 e. The number of carboxylic acids is 2. The molecule has 0 aliphatic carbocycles. The monoisotopic (exact) mass is 577 g/mol. The molecule has 7 nitrogen and oxygen atoms in total. The van der Waals surface area contributed by atoms with Crippen molar-refractivity contribution < 1.29 is 33.7 Å². The zero-order valence-electron chi connectivity index (χ0n) is 22.1. The molecule has 0 bridgehead atoms. The average Bonchev–Trinajstić information content (AvgIpc) is 3.28. The van der Waals surface area contributed by atoms with E-state index in [-0.39, 0.29) is 25.3 Å². The van der Waals surface area contributed by atoms with Gasteiger partial charge in [0.1, 0.15) is 25.5 Å². The summed E-state index contributed by atoms with van der Waals surface area (Å²) in [4.78, 5) is 22.4. The highest BCUT2D eigenvalue weighted by atomic mass is 35.5. The van der Waals surface area contributed by atoms with E-state index in [0.29, 0.717) is 30.2 Å². The second-order valence-electron chi connectivity index (χ2n) is 9.24. The molecule has 1 aromatic heterocycles. The van der Waals surface area contributed by atoms with E-state index in [2.05, 4.69) is 0 Å². The number of halogens is 2. The lowest BCUT2D eigenvalue weighted by Crippen LogP contribution is -2.07. The number of aryl methyl sites for hydroxylation is 1. The van der Waals surface area contributed by atoms with Gasteiger partial charge in [-0.3, -0.25) is 9.59 Å². The van der Waals surface area contributed by atoms with Crippen LogP contribution < -0.4 is 9.47 Å². The predicted octanol–water partition coefficient (Wildman–Crippen LogP) is 7.11. The van der Waals surface area contributed by atoms with Crippen LogP contribution in [0, 0.1) is 5.82 Å². The first-order valence-corrected chi connectivity index (χ1v) is 13.4. The van der Waals surface area contributed by atoms with Crippen LogP contribution >= 0.6 is 11.6 Å². The van der Waals surface area contributed by atoms with Gasteiger partial charge in [-0.05, 0) is 72.0 Å². The number of hydrogen-bond acceptors (Lipinski definition) is 4. The van der Waals surface area contributed by atoms with Gasteiger partial charge in [0.05, 0.1) is 5.52 Å². The highest BCUT2D eigenvalue weighted by molar-refractivity contribution is 6.30. The molecule has 0 aliphatic rings. The maximum Gasteiger partial charge on any atom is 0.323 e. The van der Waals surface area contributed by atoms with E-state index in [1.54, 1.807) is 29.0 Å². The molecule has 0 saturated carbocycles. The molecule has 9 heteroatoms. The summed E-state index contributed by atoms with van der Waals surface area (Å²) in [6, 6.07) is 17.5. The minimum absolute atomic E-state index is 0.0567. The third-order valence-electron chi connectivity index (χ3n) is 6.23. The van der Waals surface area contributed by atoms with Crippen LogP contribution in [0.25, 0.3) is 23.1 Å². The van der Waals surface area contributed by atoms with E-state index in [0.717, 1.165) is 27.6 Å². The number of ether oxygens (including phenoxy) is 2. The van der Waals surface area contributed by atoms with E-state index in [1.807, 2.05) is 54.6 Å². The average molecular weight is 578 g/mol. The van der Waals surface area contributed by atoms with Crippen LogP contribution in [0.5, 0.6) is 11.5 Å². The van der Waals surface area contributed by atoms with Crippen LogP contribution in [-0.2, 0) is 22.6 Å². The summed E-state index contributed by atoms with van der Waals surface area (Å²) in [7, 11) is 0. The van der Waals surface area contributed by atoms with E-state index in [9.17, 15) is 19.1 Å². The van der Waals surface area contributed by atoms with Crippen molar-refractivity contribution >= 4 is 46.6 Å². The molecule has 212 valence electrons. The number of hydrogen-bond donors (Lipinski definition) is 2. The zero-order chi connectivity index (χ0) is 29.2. The summed E-state index contributed by atoms with van der Waals surface area (Å²) < 4.78 is 26.5. The summed E-state index contributed by atoms with van der Waals surface area (Å²) in [6.45, 7) is 0.321. The molecule has 0 amide bonds. The van der Waals surface area contributed by atoms with Gasteiger partial charge in [-0.25, -0.2) is 4.39 Å². The van der Waals surface area contributed by atoms with Gasteiger partial charge in [-0.1, -0.05) is 54.1 Å². The van der Waals surface area contributed by atoms with Gasteiger partial charge in [-0.2, -0.15) is 0 Å². The second kappa shape index (κ2) is 14.2. The number of rotatable bonds is 14. The molecular weight excluding hydrogens is 549 g/mol. The molecule has 0 radical (unpaired) electrons. The van der Waals surface area contributed by atoms with E-state index in [1.165, 1.54) is 12.1 Å². The fourth-order valence-corrected chi connectivity index (χ4v) is 4.53. The summed E-state index contributed by atoms with van der Waals surface area (Å²) in [5, 5.41) is 19.6. The minimum atomic E-state index is -0.953. The lowest BCUT2D eigenvalue weighted by Gasteiger charge is -2.06. The Morgan fingerprint density at radius 3 is 2.39 bits per heavy atom. The molecule has 0 aliphatic heterocycles. The first kappa shape index (κ1) is 29.4. The van der Waals surface area contributed by atoms with Crippen molar-refractivity contribution in [3.05, 3.63) is 107 Å². The Labute approximate surface area is 241 Å². The van der Waals surface area contributed by atoms with Crippen molar-refractivity contribution in [3.63, 3.8) is 0 Å². The number of carbonyl (C=O) groups is 2. The zero-order valence-corrected chi connectivity index (χ0v) is 22.9. The van der Waals surface area contributed by atoms with Crippen molar-refractivity contribution in [1.29, 1.82) is 0 Å². The molecule has 1 heterocycles. The van der Waals surface area contributed by atoms with Gasteiger partial charge < -0.3 is 24.3 Å². The molecule has 41 heavy (non-hydrogen) atoms. The third-order valence-corrected chi connectivity index (χ3v) is 6.47.